The van der Waals surface area contributed by atoms with E-state index < -0.39 is 0 Å². The molecule has 0 aliphatic heterocycles. The zero-order valence-corrected chi connectivity index (χ0v) is 12.7. The quantitative estimate of drug-likeness (QED) is 0.929. The number of rotatable bonds is 3. The average molecular weight is 308 g/mol. The number of anilines is 1. The first-order chi connectivity index (χ1) is 8.47. The second-order valence-electron chi connectivity index (χ2n) is 4.74. The molecule has 1 aromatic heterocycles. The maximum absolute atomic E-state index is 4.20. The van der Waals surface area contributed by atoms with E-state index in [1.165, 1.54) is 21.2 Å². The molecule has 96 valence electrons. The van der Waals surface area contributed by atoms with E-state index in [1.54, 1.807) is 0 Å². The zero-order chi connectivity index (χ0) is 13.3. The van der Waals surface area contributed by atoms with Crippen molar-refractivity contribution >= 4 is 21.6 Å². The third-order valence-electron chi connectivity index (χ3n) is 3.04. The second kappa shape index (κ2) is 5.14. The lowest BCUT2D eigenvalue weighted by molar-refractivity contribution is 0.765. The molecule has 0 fully saturated rings. The Bertz CT molecular complexity index is 537. The van der Waals surface area contributed by atoms with Crippen LogP contribution in [0.5, 0.6) is 0 Å². The number of hydrogen-bond donors (Lipinski definition) is 1. The number of aromatic nitrogens is 2. The summed E-state index contributed by atoms with van der Waals surface area (Å²) in [5, 5.41) is 7.70. The molecule has 1 aromatic carbocycles. The molecule has 3 nitrogen and oxygen atoms in total. The number of nitrogens with zero attached hydrogens (tertiary/aromatic N) is 2. The highest BCUT2D eigenvalue weighted by Crippen LogP contribution is 2.27. The molecule has 1 heterocycles. The van der Waals surface area contributed by atoms with E-state index in [1.807, 2.05) is 24.1 Å². The minimum Gasteiger partial charge on any atom is -0.378 e. The Labute approximate surface area is 116 Å². The molecule has 0 radical (unpaired) electrons. The topological polar surface area (TPSA) is 29.9 Å². The van der Waals surface area contributed by atoms with Gasteiger partial charge in [0.15, 0.2) is 0 Å². The predicted octanol–water partition coefficient (Wildman–Crippen LogP) is 3.97. The smallest absolute Gasteiger partial charge is 0.0542 e. The fourth-order valence-electron chi connectivity index (χ4n) is 2.03. The van der Waals surface area contributed by atoms with Crippen LogP contribution in [0.1, 0.15) is 29.7 Å². The Kier molecular flexibility index (Phi) is 3.76. The van der Waals surface area contributed by atoms with Gasteiger partial charge in [0.05, 0.1) is 12.2 Å². The van der Waals surface area contributed by atoms with Crippen molar-refractivity contribution in [2.24, 2.45) is 7.05 Å². The highest BCUT2D eigenvalue weighted by atomic mass is 79.9. The highest BCUT2D eigenvalue weighted by Gasteiger charge is 2.09. The lowest BCUT2D eigenvalue weighted by atomic mass is 10.1. The van der Waals surface area contributed by atoms with Gasteiger partial charge in [-0.2, -0.15) is 5.10 Å². The third kappa shape index (κ3) is 2.75. The van der Waals surface area contributed by atoms with Crippen LogP contribution < -0.4 is 5.32 Å². The molecule has 0 saturated carbocycles. The molecule has 0 aliphatic carbocycles. The Hall–Kier alpha value is -1.29. The van der Waals surface area contributed by atoms with Gasteiger partial charge < -0.3 is 5.32 Å². The van der Waals surface area contributed by atoms with E-state index in [0.717, 1.165) is 5.69 Å². The first-order valence-corrected chi connectivity index (χ1v) is 6.78. The first-order valence-electron chi connectivity index (χ1n) is 5.99. The van der Waals surface area contributed by atoms with Crippen LogP contribution in [-0.4, -0.2) is 9.78 Å². The predicted molar refractivity (Wildman–Crippen MR) is 78.9 cm³/mol. The molecule has 0 bridgehead atoms. The van der Waals surface area contributed by atoms with Gasteiger partial charge in [0.1, 0.15) is 0 Å². The summed E-state index contributed by atoms with van der Waals surface area (Å²) in [7, 11) is 1.93. The molecule has 0 amide bonds. The van der Waals surface area contributed by atoms with Crippen molar-refractivity contribution in [2.75, 3.05) is 5.32 Å². The van der Waals surface area contributed by atoms with Crippen molar-refractivity contribution in [2.45, 2.75) is 26.8 Å². The van der Waals surface area contributed by atoms with Crippen molar-refractivity contribution in [3.05, 3.63) is 45.7 Å². The number of nitrogens with one attached hydrogen (secondary N) is 1. The van der Waals surface area contributed by atoms with Gasteiger partial charge in [-0.15, -0.1) is 0 Å². The molecule has 4 heteroatoms. The summed E-state index contributed by atoms with van der Waals surface area (Å²) in [5.41, 5.74) is 4.83. The summed E-state index contributed by atoms with van der Waals surface area (Å²) in [6.07, 6.45) is 3.94. The van der Waals surface area contributed by atoms with Crippen LogP contribution in [-0.2, 0) is 7.05 Å². The SMILES string of the molecule is Cc1cc(NC(C)c2cnn(C)c2)cc(C)c1Br. The molecule has 2 rings (SSSR count). The Balaban J connectivity index is 2.19. The van der Waals surface area contributed by atoms with E-state index in [2.05, 4.69) is 59.2 Å². The molecule has 0 spiro atoms. The van der Waals surface area contributed by atoms with Crippen LogP contribution in [0.4, 0.5) is 5.69 Å². The van der Waals surface area contributed by atoms with Gasteiger partial charge in [-0.05, 0) is 44.0 Å². The third-order valence-corrected chi connectivity index (χ3v) is 4.30. The number of benzene rings is 1. The standard InChI is InChI=1S/C14H18BrN3/c1-9-5-13(6-10(2)14(9)15)17-11(3)12-7-16-18(4)8-12/h5-8,11,17H,1-4H3. The van der Waals surface area contributed by atoms with Crippen molar-refractivity contribution in [3.8, 4) is 0 Å². The lowest BCUT2D eigenvalue weighted by Crippen LogP contribution is -2.06. The van der Waals surface area contributed by atoms with Gasteiger partial charge in [-0.3, -0.25) is 4.68 Å². The second-order valence-corrected chi connectivity index (χ2v) is 5.53. The molecule has 18 heavy (non-hydrogen) atoms. The van der Waals surface area contributed by atoms with Crippen molar-refractivity contribution in [3.63, 3.8) is 0 Å². The maximum atomic E-state index is 4.20. The molecule has 2 aromatic rings. The van der Waals surface area contributed by atoms with Gasteiger partial charge in [-0.25, -0.2) is 0 Å². The fourth-order valence-corrected chi connectivity index (χ4v) is 2.26. The van der Waals surface area contributed by atoms with Crippen LogP contribution in [0.25, 0.3) is 0 Å². The largest absolute Gasteiger partial charge is 0.378 e. The van der Waals surface area contributed by atoms with Crippen molar-refractivity contribution in [1.29, 1.82) is 0 Å². The monoisotopic (exact) mass is 307 g/mol. The fraction of sp³-hybridized carbons (Fsp3) is 0.357. The average Bonchev–Trinajstić information content (AvgIpc) is 2.72. The zero-order valence-electron chi connectivity index (χ0n) is 11.2. The minimum atomic E-state index is 0.249. The lowest BCUT2D eigenvalue weighted by Gasteiger charge is -2.15. The van der Waals surface area contributed by atoms with Crippen LogP contribution in [0.3, 0.4) is 0 Å². The summed E-state index contributed by atoms with van der Waals surface area (Å²) < 4.78 is 3.01. The Morgan fingerprint density at radius 1 is 1.28 bits per heavy atom. The van der Waals surface area contributed by atoms with E-state index in [4.69, 9.17) is 0 Å². The van der Waals surface area contributed by atoms with Gasteiger partial charge in [0, 0.05) is 29.0 Å². The van der Waals surface area contributed by atoms with E-state index >= 15 is 0 Å². The molecular weight excluding hydrogens is 290 g/mol. The van der Waals surface area contributed by atoms with Gasteiger partial charge in [0.2, 0.25) is 0 Å². The molecule has 1 atom stereocenters. The molecule has 1 N–H and O–H groups in total. The summed E-state index contributed by atoms with van der Waals surface area (Å²) in [5.74, 6) is 0. The minimum absolute atomic E-state index is 0.249. The van der Waals surface area contributed by atoms with E-state index in [-0.39, 0.29) is 6.04 Å². The van der Waals surface area contributed by atoms with Crippen LogP contribution in [0.15, 0.2) is 29.0 Å². The van der Waals surface area contributed by atoms with Gasteiger partial charge in [0.25, 0.3) is 0 Å². The Morgan fingerprint density at radius 3 is 2.39 bits per heavy atom. The number of aryl methyl sites for hydroxylation is 3. The van der Waals surface area contributed by atoms with Crippen molar-refractivity contribution < 1.29 is 0 Å². The summed E-state index contributed by atoms with van der Waals surface area (Å²) in [6.45, 7) is 6.36. The highest BCUT2D eigenvalue weighted by molar-refractivity contribution is 9.10. The molecule has 0 saturated heterocycles. The van der Waals surface area contributed by atoms with Crippen molar-refractivity contribution in [1.82, 2.24) is 9.78 Å². The van der Waals surface area contributed by atoms with Crippen LogP contribution in [0.2, 0.25) is 0 Å². The van der Waals surface area contributed by atoms with Crippen LogP contribution >= 0.6 is 15.9 Å². The van der Waals surface area contributed by atoms with E-state index in [0.29, 0.717) is 0 Å². The number of halogens is 1. The molecule has 1 unspecified atom stereocenters. The van der Waals surface area contributed by atoms with Gasteiger partial charge >= 0.3 is 0 Å². The number of hydrogen-bond acceptors (Lipinski definition) is 2. The molecular formula is C14H18BrN3. The molecule has 0 aliphatic rings. The summed E-state index contributed by atoms with van der Waals surface area (Å²) in [6, 6.07) is 4.56. The normalized spacial score (nSPS) is 12.5. The summed E-state index contributed by atoms with van der Waals surface area (Å²) in [4.78, 5) is 0. The Morgan fingerprint density at radius 2 is 1.89 bits per heavy atom. The van der Waals surface area contributed by atoms with Crippen LogP contribution in [0, 0.1) is 13.8 Å². The first kappa shape index (κ1) is 13.1. The maximum Gasteiger partial charge on any atom is 0.0542 e. The van der Waals surface area contributed by atoms with Gasteiger partial charge in [-0.1, -0.05) is 15.9 Å². The van der Waals surface area contributed by atoms with E-state index in [9.17, 15) is 0 Å². The summed E-state index contributed by atoms with van der Waals surface area (Å²) >= 11 is 3.59.